The highest BCUT2D eigenvalue weighted by Crippen LogP contribution is 2.52. The molecule has 0 aromatic heterocycles. The van der Waals surface area contributed by atoms with Crippen LogP contribution in [0.25, 0.3) is 0 Å². The Balaban J connectivity index is 1.83. The van der Waals surface area contributed by atoms with E-state index in [1.54, 1.807) is 23.1 Å². The first kappa shape index (κ1) is 16.8. The number of carbonyl (C=O) groups excluding carboxylic acids is 4. The number of carbonyl (C=O) groups is 4. The number of benzene rings is 1. The molecule has 1 unspecified atom stereocenters. The average molecular weight is 355 g/mol. The first-order chi connectivity index (χ1) is 12.3. The van der Waals surface area contributed by atoms with Gasteiger partial charge in [0.05, 0.1) is 5.54 Å². The Morgan fingerprint density at radius 2 is 1.96 bits per heavy atom. The van der Waals surface area contributed by atoms with Crippen molar-refractivity contribution in [3.8, 4) is 0 Å². The number of hydrogen-bond donors (Lipinski definition) is 2. The maximum atomic E-state index is 13.2. The smallest absolute Gasteiger partial charge is 0.255 e. The molecule has 26 heavy (non-hydrogen) atoms. The second-order valence-corrected chi connectivity index (χ2v) is 7.54. The molecule has 1 aromatic carbocycles. The Morgan fingerprint density at radius 1 is 1.23 bits per heavy atom. The second kappa shape index (κ2) is 5.65. The zero-order valence-corrected chi connectivity index (χ0v) is 14.6. The van der Waals surface area contributed by atoms with E-state index in [-0.39, 0.29) is 24.2 Å². The van der Waals surface area contributed by atoms with Crippen LogP contribution in [0, 0.1) is 5.92 Å². The van der Waals surface area contributed by atoms with Crippen LogP contribution in [0.4, 0.5) is 0 Å². The fraction of sp³-hybridized carbons (Fsp3) is 0.474. The van der Waals surface area contributed by atoms with E-state index in [1.165, 1.54) is 0 Å². The largest absolute Gasteiger partial charge is 0.366 e. The van der Waals surface area contributed by atoms with Crippen LogP contribution in [0.15, 0.2) is 18.2 Å². The molecule has 1 aliphatic carbocycles. The summed E-state index contributed by atoms with van der Waals surface area (Å²) in [7, 11) is 0. The molecule has 2 fully saturated rings. The molecule has 4 rings (SSSR count). The van der Waals surface area contributed by atoms with Crippen molar-refractivity contribution >= 4 is 23.6 Å². The van der Waals surface area contributed by atoms with Crippen molar-refractivity contribution in [2.24, 2.45) is 11.7 Å². The average Bonchev–Trinajstić information content (AvgIpc) is 2.74. The van der Waals surface area contributed by atoms with Crippen molar-refractivity contribution < 1.29 is 19.2 Å². The molecule has 3 N–H and O–H groups in total. The number of fused-ring (bicyclic) bond motifs is 1. The van der Waals surface area contributed by atoms with Gasteiger partial charge in [0.2, 0.25) is 17.7 Å². The summed E-state index contributed by atoms with van der Waals surface area (Å²) >= 11 is 0. The molecule has 1 saturated carbocycles. The molecular weight excluding hydrogens is 334 g/mol. The summed E-state index contributed by atoms with van der Waals surface area (Å²) in [6, 6.07) is 4.18. The lowest BCUT2D eigenvalue weighted by molar-refractivity contribution is -0.139. The molecule has 7 heteroatoms. The summed E-state index contributed by atoms with van der Waals surface area (Å²) in [6.07, 6.45) is 3.50. The highest BCUT2D eigenvalue weighted by Gasteiger charge is 2.56. The maximum absolute atomic E-state index is 13.2. The maximum Gasteiger partial charge on any atom is 0.255 e. The van der Waals surface area contributed by atoms with Crippen LogP contribution in [-0.4, -0.2) is 34.6 Å². The highest BCUT2D eigenvalue weighted by atomic mass is 16.2. The SMILES string of the molecule is CC1(C2CCC2)c2cc(C(N)=O)ccc2C(=O)N1[C@H]1CCC(=O)NC1=O. The van der Waals surface area contributed by atoms with Crippen LogP contribution in [0.1, 0.15) is 65.3 Å². The summed E-state index contributed by atoms with van der Waals surface area (Å²) in [4.78, 5) is 50.5. The Bertz CT molecular complexity index is 845. The highest BCUT2D eigenvalue weighted by molar-refractivity contribution is 6.07. The fourth-order valence-corrected chi connectivity index (χ4v) is 4.55. The number of amides is 4. The molecule has 136 valence electrons. The first-order valence-electron chi connectivity index (χ1n) is 8.95. The topological polar surface area (TPSA) is 110 Å². The van der Waals surface area contributed by atoms with E-state index in [0.717, 1.165) is 24.8 Å². The van der Waals surface area contributed by atoms with Gasteiger partial charge < -0.3 is 10.6 Å². The van der Waals surface area contributed by atoms with Crippen LogP contribution in [-0.2, 0) is 15.1 Å². The van der Waals surface area contributed by atoms with E-state index in [1.807, 2.05) is 6.92 Å². The standard InChI is InChI=1S/C19H21N3O4/c1-19(11-3-2-4-11)13-9-10(16(20)24)5-6-12(13)18(26)22(19)14-7-8-15(23)21-17(14)25/h5-6,9,11,14H,2-4,7-8H2,1H3,(H2,20,24)(H,21,23,25)/t14-,19?/m0/s1. The van der Waals surface area contributed by atoms with Gasteiger partial charge in [0.15, 0.2) is 0 Å². The third-order valence-corrected chi connectivity index (χ3v) is 6.22. The van der Waals surface area contributed by atoms with Gasteiger partial charge in [0.1, 0.15) is 6.04 Å². The lowest BCUT2D eigenvalue weighted by Crippen LogP contribution is -2.60. The number of rotatable bonds is 3. The van der Waals surface area contributed by atoms with Gasteiger partial charge in [0, 0.05) is 17.5 Å². The summed E-state index contributed by atoms with van der Waals surface area (Å²) < 4.78 is 0. The van der Waals surface area contributed by atoms with Crippen molar-refractivity contribution in [3.63, 3.8) is 0 Å². The van der Waals surface area contributed by atoms with Gasteiger partial charge in [-0.3, -0.25) is 24.5 Å². The minimum Gasteiger partial charge on any atom is -0.366 e. The molecule has 2 heterocycles. The summed E-state index contributed by atoms with van der Waals surface area (Å²) in [6.45, 7) is 1.97. The van der Waals surface area contributed by atoms with Crippen LogP contribution in [0.2, 0.25) is 0 Å². The number of piperidine rings is 1. The van der Waals surface area contributed by atoms with E-state index < -0.39 is 23.4 Å². The molecule has 0 radical (unpaired) electrons. The molecular formula is C19H21N3O4. The predicted molar refractivity (Wildman–Crippen MR) is 92.0 cm³/mol. The third-order valence-electron chi connectivity index (χ3n) is 6.22. The third kappa shape index (κ3) is 2.19. The van der Waals surface area contributed by atoms with E-state index >= 15 is 0 Å². The van der Waals surface area contributed by atoms with Crippen molar-refractivity contribution in [2.45, 2.75) is 50.6 Å². The number of nitrogens with two attached hydrogens (primary N) is 1. The molecule has 2 atom stereocenters. The lowest BCUT2D eigenvalue weighted by atomic mass is 9.68. The van der Waals surface area contributed by atoms with Gasteiger partial charge in [-0.05, 0) is 55.9 Å². The van der Waals surface area contributed by atoms with E-state index in [9.17, 15) is 19.2 Å². The summed E-state index contributed by atoms with van der Waals surface area (Å²) in [5.41, 5.74) is 6.37. The van der Waals surface area contributed by atoms with Crippen molar-refractivity contribution in [3.05, 3.63) is 34.9 Å². The van der Waals surface area contributed by atoms with Gasteiger partial charge in [-0.15, -0.1) is 0 Å². The zero-order valence-electron chi connectivity index (χ0n) is 14.6. The predicted octanol–water partition coefficient (Wildman–Crippen LogP) is 1.06. The van der Waals surface area contributed by atoms with Gasteiger partial charge in [-0.1, -0.05) is 6.42 Å². The molecule has 4 amide bonds. The number of nitrogens with zero attached hydrogens (tertiary/aromatic N) is 1. The second-order valence-electron chi connectivity index (χ2n) is 7.54. The molecule has 3 aliphatic rings. The Morgan fingerprint density at radius 3 is 2.54 bits per heavy atom. The van der Waals surface area contributed by atoms with Crippen LogP contribution in [0.3, 0.4) is 0 Å². The summed E-state index contributed by atoms with van der Waals surface area (Å²) in [5.74, 6) is -1.29. The number of nitrogens with one attached hydrogen (secondary N) is 1. The van der Waals surface area contributed by atoms with Crippen LogP contribution < -0.4 is 11.1 Å². The van der Waals surface area contributed by atoms with Gasteiger partial charge >= 0.3 is 0 Å². The molecule has 1 saturated heterocycles. The normalized spacial score (nSPS) is 28.6. The van der Waals surface area contributed by atoms with Crippen molar-refractivity contribution in [1.29, 1.82) is 0 Å². The van der Waals surface area contributed by atoms with E-state index in [0.29, 0.717) is 17.5 Å². The molecule has 0 bridgehead atoms. The molecule has 7 nitrogen and oxygen atoms in total. The zero-order chi connectivity index (χ0) is 18.6. The minimum atomic E-state index is -0.685. The number of imide groups is 1. The molecule has 0 spiro atoms. The molecule has 2 aliphatic heterocycles. The van der Waals surface area contributed by atoms with Crippen molar-refractivity contribution in [1.82, 2.24) is 10.2 Å². The Labute approximate surface area is 150 Å². The fourth-order valence-electron chi connectivity index (χ4n) is 4.55. The van der Waals surface area contributed by atoms with E-state index in [4.69, 9.17) is 5.73 Å². The van der Waals surface area contributed by atoms with Gasteiger partial charge in [-0.25, -0.2) is 0 Å². The van der Waals surface area contributed by atoms with Crippen LogP contribution >= 0.6 is 0 Å². The van der Waals surface area contributed by atoms with E-state index in [2.05, 4.69) is 5.32 Å². The number of hydrogen-bond acceptors (Lipinski definition) is 4. The Hall–Kier alpha value is -2.70. The first-order valence-corrected chi connectivity index (χ1v) is 8.95. The van der Waals surface area contributed by atoms with Crippen LogP contribution in [0.5, 0.6) is 0 Å². The Kier molecular flexibility index (Phi) is 3.64. The molecule has 1 aromatic rings. The van der Waals surface area contributed by atoms with Crippen molar-refractivity contribution in [2.75, 3.05) is 0 Å². The monoisotopic (exact) mass is 355 g/mol. The van der Waals surface area contributed by atoms with Gasteiger partial charge in [0.25, 0.3) is 5.91 Å². The lowest BCUT2D eigenvalue weighted by Gasteiger charge is -2.49. The summed E-state index contributed by atoms with van der Waals surface area (Å²) in [5, 5.41) is 2.35. The van der Waals surface area contributed by atoms with Gasteiger partial charge in [-0.2, -0.15) is 0 Å². The number of primary amides is 1. The quantitative estimate of drug-likeness (QED) is 0.790. The minimum absolute atomic E-state index is 0.209.